The lowest BCUT2D eigenvalue weighted by atomic mass is 10.1. The molecule has 0 aliphatic carbocycles. The molecule has 3 heterocycles. The number of nitrogens with zero attached hydrogens (tertiary/aromatic N) is 3. The van der Waals surface area contributed by atoms with Crippen LogP contribution in [0.2, 0.25) is 0 Å². The van der Waals surface area contributed by atoms with Gasteiger partial charge < -0.3 is 15.5 Å². The summed E-state index contributed by atoms with van der Waals surface area (Å²) in [5, 5.41) is 15.2. The van der Waals surface area contributed by atoms with E-state index in [4.69, 9.17) is 0 Å². The van der Waals surface area contributed by atoms with Gasteiger partial charge in [0.15, 0.2) is 5.96 Å². The first-order valence-corrected chi connectivity index (χ1v) is 12.1. The van der Waals surface area contributed by atoms with Crippen LogP contribution in [0.4, 0.5) is 5.00 Å². The van der Waals surface area contributed by atoms with Crippen molar-refractivity contribution in [1.82, 2.24) is 15.5 Å². The molecule has 1 aliphatic heterocycles. The molecule has 2 aromatic heterocycles. The largest absolute Gasteiger partial charge is 0.363 e. The van der Waals surface area contributed by atoms with Crippen LogP contribution in [-0.4, -0.2) is 56.7 Å². The molecule has 1 aliphatic rings. The number of likely N-dealkylation sites (N-methyl/N-ethyl adjacent to an activating group) is 1. The summed E-state index contributed by atoms with van der Waals surface area (Å²) in [5.41, 5.74) is 1.39. The van der Waals surface area contributed by atoms with E-state index in [9.17, 15) is 0 Å². The summed E-state index contributed by atoms with van der Waals surface area (Å²) >= 11 is 3.60. The zero-order valence-corrected chi connectivity index (χ0v) is 18.9. The lowest BCUT2D eigenvalue weighted by molar-refractivity contribution is 0.219. The van der Waals surface area contributed by atoms with Gasteiger partial charge in [0.25, 0.3) is 0 Å². The van der Waals surface area contributed by atoms with Crippen LogP contribution in [0.15, 0.2) is 39.3 Å². The van der Waals surface area contributed by atoms with Crippen LogP contribution in [0.25, 0.3) is 0 Å². The molecule has 3 rings (SSSR count). The summed E-state index contributed by atoms with van der Waals surface area (Å²) in [6, 6.07) is 7.45. The maximum atomic E-state index is 4.48. The Bertz CT molecular complexity index is 686. The fourth-order valence-electron chi connectivity index (χ4n) is 3.86. The standard InChI is InChI=1S/C21H33N5S2/c1-4-25(5-2)19(17-10-14-27-16-17)15-23-21(22-3)24-18-8-11-26(12-9-18)20-7-6-13-28-20/h6-7,10,13-14,16,18-19H,4-5,8-9,11-12,15H2,1-3H3,(H2,22,23,24). The van der Waals surface area contributed by atoms with Gasteiger partial charge in [0.1, 0.15) is 0 Å². The average molecular weight is 420 g/mol. The zero-order valence-electron chi connectivity index (χ0n) is 17.2. The summed E-state index contributed by atoms with van der Waals surface area (Å²) in [4.78, 5) is 9.48. The third-order valence-corrected chi connectivity index (χ3v) is 7.15. The van der Waals surface area contributed by atoms with Crippen molar-refractivity contribution in [3.05, 3.63) is 39.9 Å². The monoisotopic (exact) mass is 419 g/mol. The highest BCUT2D eigenvalue weighted by atomic mass is 32.1. The van der Waals surface area contributed by atoms with Gasteiger partial charge in [-0.2, -0.15) is 11.3 Å². The minimum Gasteiger partial charge on any atom is -0.363 e. The first kappa shape index (κ1) is 21.1. The topological polar surface area (TPSA) is 42.9 Å². The highest BCUT2D eigenvalue weighted by Crippen LogP contribution is 2.25. The van der Waals surface area contributed by atoms with E-state index in [0.717, 1.165) is 51.5 Å². The van der Waals surface area contributed by atoms with Crippen molar-refractivity contribution >= 4 is 33.6 Å². The molecule has 0 amide bonds. The molecule has 1 fully saturated rings. The van der Waals surface area contributed by atoms with Crippen molar-refractivity contribution in [2.45, 2.75) is 38.8 Å². The molecule has 0 saturated carbocycles. The van der Waals surface area contributed by atoms with Crippen molar-refractivity contribution in [2.75, 3.05) is 44.7 Å². The Kier molecular flexibility index (Phi) is 8.18. The van der Waals surface area contributed by atoms with E-state index in [1.807, 2.05) is 18.4 Å². The molecule has 154 valence electrons. The molecule has 0 radical (unpaired) electrons. The molecule has 7 heteroatoms. The van der Waals surface area contributed by atoms with Crippen LogP contribution in [0.5, 0.6) is 0 Å². The molecule has 1 saturated heterocycles. The van der Waals surface area contributed by atoms with Gasteiger partial charge >= 0.3 is 0 Å². The van der Waals surface area contributed by atoms with Gasteiger partial charge in [0.2, 0.25) is 0 Å². The van der Waals surface area contributed by atoms with Gasteiger partial charge in [0.05, 0.1) is 11.0 Å². The van der Waals surface area contributed by atoms with Crippen LogP contribution < -0.4 is 15.5 Å². The molecule has 2 N–H and O–H groups in total. The van der Waals surface area contributed by atoms with Crippen LogP contribution in [0.3, 0.4) is 0 Å². The molecule has 1 atom stereocenters. The van der Waals surface area contributed by atoms with E-state index in [1.54, 1.807) is 11.3 Å². The lowest BCUT2D eigenvalue weighted by Gasteiger charge is -2.34. The predicted octanol–water partition coefficient (Wildman–Crippen LogP) is 4.03. The SMILES string of the molecule is CCN(CC)C(CNC(=NC)NC1CCN(c2cccs2)CC1)c1ccsc1. The first-order chi connectivity index (χ1) is 13.7. The van der Waals surface area contributed by atoms with Gasteiger partial charge in [0, 0.05) is 32.7 Å². The smallest absolute Gasteiger partial charge is 0.191 e. The summed E-state index contributed by atoms with van der Waals surface area (Å²) < 4.78 is 0. The number of hydrogen-bond donors (Lipinski definition) is 2. The van der Waals surface area contributed by atoms with E-state index in [0.29, 0.717) is 12.1 Å². The van der Waals surface area contributed by atoms with Crippen molar-refractivity contribution in [2.24, 2.45) is 4.99 Å². The molecule has 0 aromatic carbocycles. The lowest BCUT2D eigenvalue weighted by Crippen LogP contribution is -2.50. The molecule has 0 bridgehead atoms. The van der Waals surface area contributed by atoms with E-state index >= 15 is 0 Å². The molecule has 2 aromatic rings. The normalized spacial score (nSPS) is 17.1. The third kappa shape index (κ3) is 5.49. The minimum atomic E-state index is 0.375. The number of rotatable bonds is 8. The van der Waals surface area contributed by atoms with Crippen LogP contribution in [0.1, 0.15) is 38.3 Å². The summed E-state index contributed by atoms with van der Waals surface area (Å²) in [7, 11) is 1.87. The van der Waals surface area contributed by atoms with Crippen molar-refractivity contribution in [3.63, 3.8) is 0 Å². The van der Waals surface area contributed by atoms with Crippen molar-refractivity contribution < 1.29 is 0 Å². The first-order valence-electron chi connectivity index (χ1n) is 10.3. The highest BCUT2D eigenvalue weighted by molar-refractivity contribution is 7.14. The zero-order chi connectivity index (χ0) is 19.8. The number of guanidine groups is 1. The minimum absolute atomic E-state index is 0.375. The van der Waals surface area contributed by atoms with Gasteiger partial charge in [-0.15, -0.1) is 11.3 Å². The Balaban J connectivity index is 1.51. The summed E-state index contributed by atoms with van der Waals surface area (Å²) in [6.45, 7) is 9.64. The van der Waals surface area contributed by atoms with Crippen LogP contribution >= 0.6 is 22.7 Å². The van der Waals surface area contributed by atoms with Crippen molar-refractivity contribution in [3.8, 4) is 0 Å². The summed E-state index contributed by atoms with van der Waals surface area (Å²) in [5.74, 6) is 0.918. The Morgan fingerprint density at radius 1 is 1.25 bits per heavy atom. The van der Waals surface area contributed by atoms with E-state index < -0.39 is 0 Å². The van der Waals surface area contributed by atoms with Gasteiger partial charge in [-0.25, -0.2) is 0 Å². The second-order valence-corrected chi connectivity index (χ2v) is 8.81. The molecule has 1 unspecified atom stereocenters. The van der Waals surface area contributed by atoms with Gasteiger partial charge in [-0.05, 0) is 65.8 Å². The summed E-state index contributed by atoms with van der Waals surface area (Å²) in [6.07, 6.45) is 2.28. The Morgan fingerprint density at radius 2 is 2.04 bits per heavy atom. The van der Waals surface area contributed by atoms with Gasteiger partial charge in [-0.3, -0.25) is 9.89 Å². The maximum Gasteiger partial charge on any atom is 0.191 e. The molecule has 28 heavy (non-hydrogen) atoms. The number of nitrogens with one attached hydrogen (secondary N) is 2. The molecular weight excluding hydrogens is 386 g/mol. The number of hydrogen-bond acceptors (Lipinski definition) is 5. The van der Waals surface area contributed by atoms with E-state index in [1.165, 1.54) is 10.6 Å². The average Bonchev–Trinajstić information content (AvgIpc) is 3.45. The van der Waals surface area contributed by atoms with Crippen LogP contribution in [0, 0.1) is 0 Å². The second kappa shape index (κ2) is 10.8. The molecule has 5 nitrogen and oxygen atoms in total. The molecular formula is C21H33N5S2. The van der Waals surface area contributed by atoms with Gasteiger partial charge in [-0.1, -0.05) is 13.8 Å². The van der Waals surface area contributed by atoms with Crippen LogP contribution in [-0.2, 0) is 0 Å². The van der Waals surface area contributed by atoms with Crippen molar-refractivity contribution in [1.29, 1.82) is 0 Å². The number of thiophene rings is 2. The van der Waals surface area contributed by atoms with E-state index in [2.05, 4.69) is 73.6 Å². The number of aliphatic imine (C=N–C) groups is 1. The number of anilines is 1. The maximum absolute atomic E-state index is 4.48. The second-order valence-electron chi connectivity index (χ2n) is 7.10. The quantitative estimate of drug-likeness (QED) is 0.501. The Hall–Kier alpha value is -1.57. The fraction of sp³-hybridized carbons (Fsp3) is 0.571. The van der Waals surface area contributed by atoms with E-state index in [-0.39, 0.29) is 0 Å². The highest BCUT2D eigenvalue weighted by Gasteiger charge is 2.22. The fourth-order valence-corrected chi connectivity index (χ4v) is 5.35. The molecule has 0 spiro atoms. The Morgan fingerprint density at radius 3 is 2.61 bits per heavy atom. The predicted molar refractivity (Wildman–Crippen MR) is 124 cm³/mol. The number of piperidine rings is 1. The third-order valence-electron chi connectivity index (χ3n) is 5.52. The Labute approximate surface area is 177 Å².